The Morgan fingerprint density at radius 1 is 1.63 bits per heavy atom. The Morgan fingerprint density at radius 2 is 2.26 bits per heavy atom. The number of rotatable bonds is 6. The number of halogens is 1. The number of nitrogens with two attached hydrogens (primary N) is 1. The van der Waals surface area contributed by atoms with Gasteiger partial charge in [0.25, 0.3) is 0 Å². The third kappa shape index (κ3) is 4.18. The van der Waals surface area contributed by atoms with Gasteiger partial charge in [-0.1, -0.05) is 15.9 Å². The Bertz CT molecular complexity index is 504. The van der Waals surface area contributed by atoms with E-state index < -0.39 is 16.9 Å². The van der Waals surface area contributed by atoms with Gasteiger partial charge in [-0.15, -0.1) is 0 Å². The fraction of sp³-hybridized carbons (Fsp3) is 0.364. The fourth-order valence-corrected chi connectivity index (χ4v) is 1.92. The van der Waals surface area contributed by atoms with Gasteiger partial charge in [0.2, 0.25) is 11.7 Å². The first-order valence-corrected chi connectivity index (χ1v) is 6.19. The number of hydrogen-bond acceptors (Lipinski definition) is 5. The van der Waals surface area contributed by atoms with Gasteiger partial charge in [-0.05, 0) is 13.0 Å². The van der Waals surface area contributed by atoms with Crippen molar-refractivity contribution in [3.63, 3.8) is 0 Å². The van der Waals surface area contributed by atoms with Gasteiger partial charge in [-0.3, -0.25) is 14.9 Å². The topological polar surface area (TPSA) is 116 Å². The summed E-state index contributed by atoms with van der Waals surface area (Å²) in [6.45, 7) is 1.38. The highest BCUT2D eigenvalue weighted by Gasteiger charge is 2.23. The molecule has 0 heterocycles. The summed E-state index contributed by atoms with van der Waals surface area (Å²) < 4.78 is 5.69. The molecule has 0 aliphatic rings. The first-order valence-electron chi connectivity index (χ1n) is 5.40. The molecule has 0 aromatic heterocycles. The molecule has 8 heteroatoms. The van der Waals surface area contributed by atoms with Gasteiger partial charge in [0.1, 0.15) is 0 Å². The van der Waals surface area contributed by atoms with Gasteiger partial charge in [0.05, 0.1) is 24.1 Å². The van der Waals surface area contributed by atoms with Gasteiger partial charge in [0.15, 0.2) is 0 Å². The van der Waals surface area contributed by atoms with Crippen LogP contribution in [0.15, 0.2) is 16.6 Å². The summed E-state index contributed by atoms with van der Waals surface area (Å²) in [5.74, 6) is -0.622. The predicted octanol–water partition coefficient (Wildman–Crippen LogP) is 1.66. The molecular weight excluding hydrogens is 320 g/mol. The molecule has 1 amide bonds. The van der Waals surface area contributed by atoms with E-state index in [0.717, 1.165) is 0 Å². The number of primary amides is 1. The lowest BCUT2D eigenvalue weighted by Crippen LogP contribution is -2.15. The van der Waals surface area contributed by atoms with Crippen molar-refractivity contribution in [2.45, 2.75) is 19.4 Å². The largest absolute Gasteiger partial charge is 0.486 e. The Kier molecular flexibility index (Phi) is 5.25. The van der Waals surface area contributed by atoms with Crippen molar-refractivity contribution in [3.05, 3.63) is 32.3 Å². The number of carbonyl (C=O) groups excluding carboxylic acids is 1. The molecule has 0 saturated heterocycles. The van der Waals surface area contributed by atoms with Crippen LogP contribution in [-0.2, 0) is 4.79 Å². The van der Waals surface area contributed by atoms with Crippen LogP contribution >= 0.6 is 15.9 Å². The van der Waals surface area contributed by atoms with Crippen molar-refractivity contribution in [1.82, 2.24) is 0 Å². The lowest BCUT2D eigenvalue weighted by Gasteiger charge is -2.13. The molecular formula is C11H13BrN2O5. The maximum atomic E-state index is 11.0. The number of nitro benzene ring substituents is 1. The Hall–Kier alpha value is -1.67. The van der Waals surface area contributed by atoms with Crippen molar-refractivity contribution >= 4 is 27.5 Å². The molecule has 0 unspecified atom stereocenters. The SMILES string of the molecule is C[C@H](O)c1cc(Br)cc([N+](=O)[O-])c1OCCC(N)=O. The van der Waals surface area contributed by atoms with Crippen LogP contribution in [0.5, 0.6) is 5.75 Å². The number of aliphatic hydroxyl groups is 1. The van der Waals surface area contributed by atoms with Crippen LogP contribution in [0.4, 0.5) is 5.69 Å². The van der Waals surface area contributed by atoms with Crippen LogP contribution in [-0.4, -0.2) is 22.5 Å². The van der Waals surface area contributed by atoms with E-state index in [1.165, 1.54) is 19.1 Å². The summed E-state index contributed by atoms with van der Waals surface area (Å²) >= 11 is 3.13. The molecule has 0 spiro atoms. The van der Waals surface area contributed by atoms with Gasteiger partial charge in [0, 0.05) is 16.1 Å². The smallest absolute Gasteiger partial charge is 0.312 e. The van der Waals surface area contributed by atoms with E-state index >= 15 is 0 Å². The van der Waals surface area contributed by atoms with E-state index in [4.69, 9.17) is 10.5 Å². The summed E-state index contributed by atoms with van der Waals surface area (Å²) in [5, 5.41) is 20.6. The van der Waals surface area contributed by atoms with Crippen molar-refractivity contribution in [1.29, 1.82) is 0 Å². The Morgan fingerprint density at radius 3 is 2.74 bits per heavy atom. The fourth-order valence-electron chi connectivity index (χ4n) is 1.46. The summed E-state index contributed by atoms with van der Waals surface area (Å²) in [6.07, 6.45) is -1.01. The third-order valence-electron chi connectivity index (χ3n) is 2.30. The second-order valence-corrected chi connectivity index (χ2v) is 4.76. The normalized spacial score (nSPS) is 11.9. The zero-order valence-corrected chi connectivity index (χ0v) is 11.7. The highest BCUT2D eigenvalue weighted by molar-refractivity contribution is 9.10. The van der Waals surface area contributed by atoms with E-state index in [0.29, 0.717) is 4.47 Å². The molecule has 7 nitrogen and oxygen atoms in total. The van der Waals surface area contributed by atoms with Crippen LogP contribution in [0.2, 0.25) is 0 Å². The molecule has 1 atom stereocenters. The van der Waals surface area contributed by atoms with Gasteiger partial charge < -0.3 is 15.6 Å². The molecule has 0 radical (unpaired) electrons. The highest BCUT2D eigenvalue weighted by atomic mass is 79.9. The molecule has 0 aliphatic carbocycles. The molecule has 0 aliphatic heterocycles. The number of benzene rings is 1. The van der Waals surface area contributed by atoms with E-state index in [-0.39, 0.29) is 30.0 Å². The second-order valence-electron chi connectivity index (χ2n) is 3.84. The molecule has 104 valence electrons. The molecule has 1 aromatic rings. The molecule has 1 aromatic carbocycles. The van der Waals surface area contributed by atoms with Gasteiger partial charge in [-0.25, -0.2) is 0 Å². The molecule has 0 saturated carbocycles. The molecule has 0 bridgehead atoms. The minimum absolute atomic E-state index is 0.0514. The van der Waals surface area contributed by atoms with Crippen molar-refractivity contribution in [2.75, 3.05) is 6.61 Å². The number of carbonyl (C=O) groups is 1. The zero-order valence-electron chi connectivity index (χ0n) is 10.1. The van der Waals surface area contributed by atoms with Crippen molar-refractivity contribution in [3.8, 4) is 5.75 Å². The van der Waals surface area contributed by atoms with E-state index in [9.17, 15) is 20.0 Å². The monoisotopic (exact) mass is 332 g/mol. The number of aliphatic hydroxyl groups excluding tert-OH is 1. The third-order valence-corrected chi connectivity index (χ3v) is 2.76. The van der Waals surface area contributed by atoms with Crippen molar-refractivity contribution in [2.24, 2.45) is 5.73 Å². The standard InChI is InChI=1S/C11H13BrN2O5/c1-6(15)8-4-7(12)5-9(14(17)18)11(8)19-3-2-10(13)16/h4-6,15H,2-3H2,1H3,(H2,13,16)/t6-/m0/s1. The molecule has 3 N–H and O–H groups in total. The van der Waals surface area contributed by atoms with E-state index in [1.54, 1.807) is 0 Å². The quantitative estimate of drug-likeness (QED) is 0.607. The van der Waals surface area contributed by atoms with Crippen LogP contribution < -0.4 is 10.5 Å². The minimum atomic E-state index is -0.945. The zero-order chi connectivity index (χ0) is 14.6. The van der Waals surface area contributed by atoms with E-state index in [2.05, 4.69) is 15.9 Å². The lowest BCUT2D eigenvalue weighted by molar-refractivity contribution is -0.386. The maximum absolute atomic E-state index is 11.0. The summed E-state index contributed by atoms with van der Waals surface area (Å²) in [6, 6.07) is 2.79. The predicted molar refractivity (Wildman–Crippen MR) is 70.7 cm³/mol. The first-order chi connectivity index (χ1) is 8.82. The van der Waals surface area contributed by atoms with Crippen molar-refractivity contribution < 1.29 is 19.6 Å². The first kappa shape index (κ1) is 15.4. The lowest BCUT2D eigenvalue weighted by atomic mass is 10.1. The number of amides is 1. The number of ether oxygens (including phenoxy) is 1. The Labute approximate surface area is 117 Å². The summed E-state index contributed by atoms with van der Waals surface area (Å²) in [7, 11) is 0. The second kappa shape index (κ2) is 6.48. The summed E-state index contributed by atoms with van der Waals surface area (Å²) in [5.41, 5.74) is 4.95. The van der Waals surface area contributed by atoms with Crippen LogP contribution in [0, 0.1) is 10.1 Å². The highest BCUT2D eigenvalue weighted by Crippen LogP contribution is 2.37. The molecule has 1 rings (SSSR count). The number of nitro groups is 1. The average molecular weight is 333 g/mol. The van der Waals surface area contributed by atoms with Gasteiger partial charge >= 0.3 is 5.69 Å². The molecule has 19 heavy (non-hydrogen) atoms. The van der Waals surface area contributed by atoms with E-state index in [1.807, 2.05) is 0 Å². The Balaban J connectivity index is 3.15. The number of hydrogen-bond donors (Lipinski definition) is 2. The molecule has 0 fully saturated rings. The summed E-state index contributed by atoms with van der Waals surface area (Å²) in [4.78, 5) is 21.0. The maximum Gasteiger partial charge on any atom is 0.312 e. The van der Waals surface area contributed by atoms with Crippen LogP contribution in [0.25, 0.3) is 0 Å². The van der Waals surface area contributed by atoms with Gasteiger partial charge in [-0.2, -0.15) is 0 Å². The minimum Gasteiger partial charge on any atom is -0.486 e. The number of nitrogens with zero attached hydrogens (tertiary/aromatic N) is 1. The van der Waals surface area contributed by atoms with Crippen LogP contribution in [0.3, 0.4) is 0 Å². The van der Waals surface area contributed by atoms with Crippen LogP contribution in [0.1, 0.15) is 25.0 Å². The average Bonchev–Trinajstić information content (AvgIpc) is 2.29.